The third-order valence-corrected chi connectivity index (χ3v) is 6.76. The Morgan fingerprint density at radius 1 is 1.14 bits per heavy atom. The Kier molecular flexibility index (Phi) is 5.30. The van der Waals surface area contributed by atoms with E-state index in [1.54, 1.807) is 6.92 Å². The van der Waals surface area contributed by atoms with Gasteiger partial charge in [0.2, 0.25) is 15.9 Å². The van der Waals surface area contributed by atoms with Crippen LogP contribution in [0.3, 0.4) is 0 Å². The summed E-state index contributed by atoms with van der Waals surface area (Å²) in [7, 11) is -3.66. The highest BCUT2D eigenvalue weighted by Gasteiger charge is 2.41. The van der Waals surface area contributed by atoms with Crippen LogP contribution in [0.25, 0.3) is 0 Å². The summed E-state index contributed by atoms with van der Waals surface area (Å²) in [6, 6.07) is 11.9. The van der Waals surface area contributed by atoms with Crippen molar-refractivity contribution in [2.24, 2.45) is 5.92 Å². The predicted octanol–water partition coefficient (Wildman–Crippen LogP) is 3.68. The highest BCUT2D eigenvalue weighted by atomic mass is 32.2. The van der Waals surface area contributed by atoms with Gasteiger partial charge in [-0.25, -0.2) is 12.7 Å². The third-order valence-electron chi connectivity index (χ3n) is 4.89. The lowest BCUT2D eigenvalue weighted by atomic mass is 9.98. The molecule has 0 radical (unpaired) electrons. The molecule has 28 heavy (non-hydrogen) atoms. The van der Waals surface area contributed by atoms with Gasteiger partial charge in [-0.2, -0.15) is 0 Å². The van der Waals surface area contributed by atoms with Gasteiger partial charge in [0.25, 0.3) is 5.91 Å². The number of nitrogens with one attached hydrogen (secondary N) is 1. The minimum absolute atomic E-state index is 0.195. The molecule has 1 atom stereocenters. The van der Waals surface area contributed by atoms with E-state index in [1.807, 2.05) is 25.1 Å². The molecule has 2 aromatic rings. The van der Waals surface area contributed by atoms with E-state index in [1.165, 1.54) is 24.3 Å². The summed E-state index contributed by atoms with van der Waals surface area (Å²) in [5.74, 6) is -1.24. The summed E-state index contributed by atoms with van der Waals surface area (Å²) in [5.41, 5.74) is 3.45. The van der Waals surface area contributed by atoms with E-state index >= 15 is 0 Å². The zero-order valence-corrected chi connectivity index (χ0v) is 17.2. The number of benzene rings is 2. The molecule has 1 heterocycles. The van der Waals surface area contributed by atoms with Crippen LogP contribution < -0.4 is 9.62 Å². The van der Waals surface area contributed by atoms with Crippen LogP contribution in [-0.4, -0.2) is 26.0 Å². The summed E-state index contributed by atoms with van der Waals surface area (Å²) < 4.78 is 25.2. The summed E-state index contributed by atoms with van der Waals surface area (Å²) >= 11 is 0. The summed E-state index contributed by atoms with van der Waals surface area (Å²) in [4.78, 5) is 24.9. The molecule has 7 heteroatoms. The van der Waals surface area contributed by atoms with Gasteiger partial charge in [-0.1, -0.05) is 39.0 Å². The fraction of sp³-hybridized carbons (Fsp3) is 0.333. The Hall–Kier alpha value is -2.67. The van der Waals surface area contributed by atoms with Gasteiger partial charge in [0.1, 0.15) is 0 Å². The van der Waals surface area contributed by atoms with Crippen molar-refractivity contribution in [3.8, 4) is 0 Å². The third kappa shape index (κ3) is 3.67. The van der Waals surface area contributed by atoms with Gasteiger partial charge < -0.3 is 5.32 Å². The van der Waals surface area contributed by atoms with E-state index < -0.39 is 21.8 Å². The second kappa shape index (κ2) is 7.39. The van der Waals surface area contributed by atoms with E-state index in [0.29, 0.717) is 5.56 Å². The van der Waals surface area contributed by atoms with Crippen LogP contribution in [0.2, 0.25) is 0 Å². The number of hydrogen-bond donors (Lipinski definition) is 1. The minimum atomic E-state index is -3.66. The molecule has 1 N–H and O–H groups in total. The van der Waals surface area contributed by atoms with Crippen molar-refractivity contribution in [3.05, 3.63) is 59.2 Å². The maximum Gasteiger partial charge on any atom is 0.255 e. The number of amides is 2. The van der Waals surface area contributed by atoms with Crippen molar-refractivity contribution in [1.82, 2.24) is 0 Å². The van der Waals surface area contributed by atoms with Gasteiger partial charge in [-0.05, 0) is 48.2 Å². The Balaban J connectivity index is 1.85. The lowest BCUT2D eigenvalue weighted by Crippen LogP contribution is -2.30. The monoisotopic (exact) mass is 400 g/mol. The highest BCUT2D eigenvalue weighted by Crippen LogP contribution is 2.30. The van der Waals surface area contributed by atoms with Crippen LogP contribution in [0.4, 0.5) is 11.4 Å². The Bertz CT molecular complexity index is 1030. The molecule has 0 aliphatic carbocycles. The molecule has 2 aromatic carbocycles. The summed E-state index contributed by atoms with van der Waals surface area (Å²) in [5, 5.41) is 2.96. The van der Waals surface area contributed by atoms with Crippen LogP contribution in [0, 0.1) is 12.8 Å². The number of nitrogens with zero attached hydrogens (tertiary/aromatic N) is 1. The van der Waals surface area contributed by atoms with Crippen molar-refractivity contribution >= 4 is 33.2 Å². The zero-order valence-electron chi connectivity index (χ0n) is 16.4. The van der Waals surface area contributed by atoms with Gasteiger partial charge >= 0.3 is 0 Å². The normalized spacial score (nSPS) is 18.5. The summed E-state index contributed by atoms with van der Waals surface area (Å²) in [6.45, 7) is 7.66. The van der Waals surface area contributed by atoms with Crippen LogP contribution in [-0.2, 0) is 14.8 Å². The van der Waals surface area contributed by atoms with Gasteiger partial charge in [0, 0.05) is 11.3 Å². The molecule has 1 unspecified atom stereocenters. The van der Waals surface area contributed by atoms with E-state index in [0.717, 1.165) is 21.1 Å². The highest BCUT2D eigenvalue weighted by molar-refractivity contribution is 7.94. The molecule has 2 amide bonds. The number of carbonyl (C=O) groups is 2. The molecule has 148 valence electrons. The average Bonchev–Trinajstić information content (AvgIpc) is 2.83. The number of sulfonamides is 1. The fourth-order valence-corrected chi connectivity index (χ4v) is 5.18. The SMILES string of the molecule is Cc1cccc(C(C)C)c1NC(=O)c1ccc(N2C(=O)C(C)CS2(=O)=O)cc1. The number of para-hydroxylation sites is 1. The minimum Gasteiger partial charge on any atom is -0.321 e. The molecule has 1 saturated heterocycles. The Morgan fingerprint density at radius 3 is 2.32 bits per heavy atom. The first-order valence-corrected chi connectivity index (χ1v) is 10.8. The second-order valence-corrected chi connectivity index (χ2v) is 9.34. The Morgan fingerprint density at radius 2 is 1.79 bits per heavy atom. The first kappa shape index (κ1) is 20.1. The van der Waals surface area contributed by atoms with Gasteiger partial charge in [-0.15, -0.1) is 0 Å². The van der Waals surface area contributed by atoms with Crippen LogP contribution in [0.5, 0.6) is 0 Å². The topological polar surface area (TPSA) is 83.6 Å². The van der Waals surface area contributed by atoms with Gasteiger partial charge in [0.15, 0.2) is 0 Å². The van der Waals surface area contributed by atoms with E-state index in [4.69, 9.17) is 0 Å². The molecule has 1 aliphatic heterocycles. The van der Waals surface area contributed by atoms with E-state index in [2.05, 4.69) is 19.2 Å². The lowest BCUT2D eigenvalue weighted by molar-refractivity contribution is -0.119. The van der Waals surface area contributed by atoms with Crippen molar-refractivity contribution in [1.29, 1.82) is 0 Å². The number of rotatable bonds is 4. The second-order valence-electron chi connectivity index (χ2n) is 7.48. The van der Waals surface area contributed by atoms with Gasteiger partial charge in [-0.3, -0.25) is 9.59 Å². The molecule has 0 spiro atoms. The van der Waals surface area contributed by atoms with Gasteiger partial charge in [0.05, 0.1) is 17.4 Å². The molecular weight excluding hydrogens is 376 g/mol. The molecule has 1 fully saturated rings. The Labute approximate surface area is 165 Å². The maximum atomic E-state index is 12.7. The maximum absolute atomic E-state index is 12.7. The molecule has 6 nitrogen and oxygen atoms in total. The fourth-order valence-electron chi connectivity index (χ4n) is 3.36. The quantitative estimate of drug-likeness (QED) is 0.848. The molecular formula is C21H24N2O4S. The van der Waals surface area contributed by atoms with Crippen molar-refractivity contribution < 1.29 is 18.0 Å². The lowest BCUT2D eigenvalue weighted by Gasteiger charge is -2.17. The van der Waals surface area contributed by atoms with Crippen LogP contribution >= 0.6 is 0 Å². The van der Waals surface area contributed by atoms with E-state index in [9.17, 15) is 18.0 Å². The zero-order chi connectivity index (χ0) is 20.6. The standard InChI is InChI=1S/C21H24N2O4S/c1-13(2)18-7-5-6-14(3)19(18)22-20(24)16-8-10-17(11-9-16)23-21(25)15(4)12-28(23,26)27/h5-11,13,15H,12H2,1-4H3,(H,22,24). The molecule has 1 aliphatic rings. The van der Waals surface area contributed by atoms with E-state index in [-0.39, 0.29) is 23.3 Å². The van der Waals surface area contributed by atoms with Crippen LogP contribution in [0.15, 0.2) is 42.5 Å². The average molecular weight is 401 g/mol. The van der Waals surface area contributed by atoms with Crippen molar-refractivity contribution in [3.63, 3.8) is 0 Å². The molecule has 0 aromatic heterocycles. The smallest absolute Gasteiger partial charge is 0.255 e. The van der Waals surface area contributed by atoms with Crippen molar-refractivity contribution in [2.45, 2.75) is 33.6 Å². The molecule has 3 rings (SSSR count). The largest absolute Gasteiger partial charge is 0.321 e. The number of aryl methyl sites for hydroxylation is 1. The predicted molar refractivity (Wildman–Crippen MR) is 110 cm³/mol. The van der Waals surface area contributed by atoms with Crippen molar-refractivity contribution in [2.75, 3.05) is 15.4 Å². The number of carbonyl (C=O) groups excluding carboxylic acids is 2. The first-order valence-electron chi connectivity index (χ1n) is 9.19. The number of hydrogen-bond acceptors (Lipinski definition) is 4. The molecule has 0 saturated carbocycles. The first-order chi connectivity index (χ1) is 13.1. The van der Waals surface area contributed by atoms with Crippen LogP contribution in [0.1, 0.15) is 48.2 Å². The summed E-state index contributed by atoms with van der Waals surface area (Å²) in [6.07, 6.45) is 0. The number of anilines is 2. The molecule has 0 bridgehead atoms.